The summed E-state index contributed by atoms with van der Waals surface area (Å²) in [4.78, 5) is 20.4. The maximum absolute atomic E-state index is 12.1. The van der Waals surface area contributed by atoms with Gasteiger partial charge in [0.2, 0.25) is 0 Å². The lowest BCUT2D eigenvalue weighted by Gasteiger charge is -2.14. The van der Waals surface area contributed by atoms with Gasteiger partial charge in [-0.15, -0.1) is 0 Å². The van der Waals surface area contributed by atoms with Gasteiger partial charge >= 0.3 is 6.09 Å². The Morgan fingerprint density at radius 1 is 1.03 bits per heavy atom. The van der Waals surface area contributed by atoms with Crippen molar-refractivity contribution in [2.75, 3.05) is 13.2 Å². The minimum absolute atomic E-state index is 0.0732. The van der Waals surface area contributed by atoms with E-state index in [1.54, 1.807) is 12.4 Å². The molecule has 1 aromatic heterocycles. The van der Waals surface area contributed by atoms with E-state index in [1.165, 1.54) is 22.3 Å². The van der Waals surface area contributed by atoms with Crippen LogP contribution in [0, 0.1) is 0 Å². The minimum atomic E-state index is -0.399. The Balaban J connectivity index is 1.27. The molecule has 0 bridgehead atoms. The zero-order chi connectivity index (χ0) is 20.1. The lowest BCUT2D eigenvalue weighted by Crippen LogP contribution is -2.26. The molecule has 0 saturated heterocycles. The smallest absolute Gasteiger partial charge is 0.407 e. The van der Waals surface area contributed by atoms with Crippen LogP contribution in [0.1, 0.15) is 29.2 Å². The molecular formula is C23H20BrN3O2. The first-order valence-electron chi connectivity index (χ1n) is 9.45. The number of halogens is 1. The number of ether oxygens (including phenoxy) is 1. The molecule has 2 aromatic carbocycles. The van der Waals surface area contributed by atoms with Gasteiger partial charge < -0.3 is 10.1 Å². The minimum Gasteiger partial charge on any atom is -0.449 e. The number of nitrogens with zero attached hydrogens (tertiary/aromatic N) is 2. The molecule has 6 heteroatoms. The highest BCUT2D eigenvalue weighted by Gasteiger charge is 2.28. The largest absolute Gasteiger partial charge is 0.449 e. The first kappa shape index (κ1) is 19.3. The molecule has 3 aromatic rings. The molecular weight excluding hydrogens is 430 g/mol. The van der Waals surface area contributed by atoms with Crippen LogP contribution < -0.4 is 5.32 Å². The van der Waals surface area contributed by atoms with Crippen LogP contribution in [-0.2, 0) is 4.74 Å². The van der Waals surface area contributed by atoms with E-state index in [9.17, 15) is 4.79 Å². The summed E-state index contributed by atoms with van der Waals surface area (Å²) in [5.41, 5.74) is 5.63. The van der Waals surface area contributed by atoms with Gasteiger partial charge in [0.15, 0.2) is 0 Å². The monoisotopic (exact) mass is 449 g/mol. The molecule has 0 radical (unpaired) electrons. The molecule has 0 aliphatic heterocycles. The van der Waals surface area contributed by atoms with Crippen molar-refractivity contribution in [2.24, 2.45) is 0 Å². The second kappa shape index (κ2) is 9.01. The quantitative estimate of drug-likeness (QED) is 0.526. The predicted molar refractivity (Wildman–Crippen MR) is 116 cm³/mol. The third-order valence-corrected chi connectivity index (χ3v) is 5.26. The molecule has 1 N–H and O–H groups in total. The number of hydrogen-bond acceptors (Lipinski definition) is 4. The molecule has 4 rings (SSSR count). The zero-order valence-electron chi connectivity index (χ0n) is 15.7. The Morgan fingerprint density at radius 3 is 2.38 bits per heavy atom. The molecule has 0 saturated carbocycles. The van der Waals surface area contributed by atoms with Gasteiger partial charge in [-0.25, -0.2) is 9.78 Å². The van der Waals surface area contributed by atoms with E-state index in [0.717, 1.165) is 5.69 Å². The molecule has 0 atom stereocenters. The average molecular weight is 450 g/mol. The predicted octanol–water partition coefficient (Wildman–Crippen LogP) is 5.18. The number of nitrogens with one attached hydrogen (secondary N) is 1. The van der Waals surface area contributed by atoms with Gasteiger partial charge in [0.1, 0.15) is 11.2 Å². The van der Waals surface area contributed by atoms with E-state index in [2.05, 4.69) is 55.5 Å². The highest BCUT2D eigenvalue weighted by Crippen LogP contribution is 2.44. The maximum atomic E-state index is 12.1. The Morgan fingerprint density at radius 2 is 1.72 bits per heavy atom. The van der Waals surface area contributed by atoms with Gasteiger partial charge in [-0.1, -0.05) is 54.6 Å². The number of fused-ring (bicyclic) bond motifs is 3. The summed E-state index contributed by atoms with van der Waals surface area (Å²) in [6.07, 6.45) is 7.43. The molecule has 0 spiro atoms. The number of aromatic nitrogens is 2. The summed E-state index contributed by atoms with van der Waals surface area (Å²) < 4.78 is 6.22. The Labute approximate surface area is 178 Å². The van der Waals surface area contributed by atoms with Crippen molar-refractivity contribution in [2.45, 2.75) is 12.3 Å². The third-order valence-electron chi connectivity index (χ3n) is 4.85. The number of carbonyl (C=O) groups excluding carboxylic acids is 1. The summed E-state index contributed by atoms with van der Waals surface area (Å²) >= 11 is 3.25. The average Bonchev–Trinajstić information content (AvgIpc) is 3.07. The van der Waals surface area contributed by atoms with Crippen molar-refractivity contribution in [1.29, 1.82) is 0 Å². The van der Waals surface area contributed by atoms with Crippen molar-refractivity contribution in [3.8, 4) is 11.1 Å². The van der Waals surface area contributed by atoms with Gasteiger partial charge in [0, 0.05) is 12.5 Å². The van der Waals surface area contributed by atoms with E-state index in [4.69, 9.17) is 4.74 Å². The second-order valence-corrected chi connectivity index (χ2v) is 7.52. The first-order valence-corrected chi connectivity index (χ1v) is 10.2. The van der Waals surface area contributed by atoms with E-state index < -0.39 is 6.09 Å². The van der Waals surface area contributed by atoms with Crippen LogP contribution in [0.25, 0.3) is 17.2 Å². The van der Waals surface area contributed by atoms with Crippen molar-refractivity contribution in [1.82, 2.24) is 15.3 Å². The molecule has 5 nitrogen and oxygen atoms in total. The SMILES string of the molecule is O=C(NCCC=Cc1cnc(Br)cn1)OCC1c2ccccc2-c2ccccc21. The van der Waals surface area contributed by atoms with Crippen LogP contribution in [-0.4, -0.2) is 29.2 Å². The normalized spacial score (nSPS) is 12.6. The van der Waals surface area contributed by atoms with E-state index in [1.807, 2.05) is 36.4 Å². The highest BCUT2D eigenvalue weighted by atomic mass is 79.9. The summed E-state index contributed by atoms with van der Waals surface area (Å²) in [6.45, 7) is 0.821. The summed E-state index contributed by atoms with van der Waals surface area (Å²) in [7, 11) is 0. The van der Waals surface area contributed by atoms with Crippen molar-refractivity contribution >= 4 is 28.1 Å². The van der Waals surface area contributed by atoms with Crippen LogP contribution in [0.15, 0.2) is 71.6 Å². The van der Waals surface area contributed by atoms with Crippen LogP contribution in [0.3, 0.4) is 0 Å². The van der Waals surface area contributed by atoms with Crippen LogP contribution in [0.5, 0.6) is 0 Å². The van der Waals surface area contributed by atoms with Crippen molar-refractivity contribution < 1.29 is 9.53 Å². The zero-order valence-corrected chi connectivity index (χ0v) is 17.3. The highest BCUT2D eigenvalue weighted by molar-refractivity contribution is 9.10. The summed E-state index contributed by atoms with van der Waals surface area (Å²) in [6, 6.07) is 16.6. The van der Waals surface area contributed by atoms with Gasteiger partial charge in [-0.05, 0) is 50.7 Å². The van der Waals surface area contributed by atoms with Crippen molar-refractivity contribution in [3.63, 3.8) is 0 Å². The number of carbonyl (C=O) groups is 1. The number of amides is 1. The van der Waals surface area contributed by atoms with Crippen molar-refractivity contribution in [3.05, 3.63) is 88.4 Å². The Bertz CT molecular complexity index is 989. The topological polar surface area (TPSA) is 64.1 Å². The third kappa shape index (κ3) is 4.54. The fourth-order valence-electron chi connectivity index (χ4n) is 3.52. The molecule has 1 amide bonds. The lowest BCUT2D eigenvalue weighted by molar-refractivity contribution is 0.143. The van der Waals surface area contributed by atoms with Crippen LogP contribution >= 0.6 is 15.9 Å². The fraction of sp³-hybridized carbons (Fsp3) is 0.174. The summed E-state index contributed by atoms with van der Waals surface area (Å²) in [5, 5.41) is 2.79. The van der Waals surface area contributed by atoms with Gasteiger partial charge in [0.05, 0.1) is 18.1 Å². The number of alkyl carbamates (subject to hydrolysis) is 1. The summed E-state index contributed by atoms with van der Waals surface area (Å²) in [5.74, 6) is 0.0732. The maximum Gasteiger partial charge on any atom is 0.407 e. The van der Waals surface area contributed by atoms with Gasteiger partial charge in [-0.3, -0.25) is 4.98 Å². The number of benzene rings is 2. The fourth-order valence-corrected chi connectivity index (χ4v) is 3.72. The molecule has 29 heavy (non-hydrogen) atoms. The number of rotatable bonds is 6. The molecule has 0 unspecified atom stereocenters. The van der Waals surface area contributed by atoms with E-state index >= 15 is 0 Å². The molecule has 1 aliphatic carbocycles. The Hall–Kier alpha value is -2.99. The Kier molecular flexibility index (Phi) is 6.00. The van der Waals surface area contributed by atoms with Gasteiger partial charge in [-0.2, -0.15) is 0 Å². The van der Waals surface area contributed by atoms with Crippen LogP contribution in [0.4, 0.5) is 4.79 Å². The van der Waals surface area contributed by atoms with E-state index in [0.29, 0.717) is 24.2 Å². The molecule has 1 heterocycles. The first-order chi connectivity index (χ1) is 14.2. The lowest BCUT2D eigenvalue weighted by atomic mass is 9.98. The second-order valence-electron chi connectivity index (χ2n) is 6.71. The number of hydrogen-bond donors (Lipinski definition) is 1. The van der Waals surface area contributed by atoms with Gasteiger partial charge in [0.25, 0.3) is 0 Å². The molecule has 146 valence electrons. The van der Waals surface area contributed by atoms with Crippen LogP contribution in [0.2, 0.25) is 0 Å². The molecule has 1 aliphatic rings. The van der Waals surface area contributed by atoms with E-state index in [-0.39, 0.29) is 5.92 Å². The standard InChI is InChI=1S/C23H20BrN3O2/c24-22-14-26-16(13-27-22)7-5-6-12-25-23(28)29-15-21-19-10-3-1-8-17(19)18-9-2-4-11-20(18)21/h1-5,7-11,13-14,21H,6,12,15H2,(H,25,28). The molecule has 0 fully saturated rings.